The maximum absolute atomic E-state index is 12.3. The summed E-state index contributed by atoms with van der Waals surface area (Å²) in [6, 6.07) is 8.85. The van der Waals surface area contributed by atoms with E-state index < -0.39 is 16.0 Å². The molecule has 0 saturated carbocycles. The van der Waals surface area contributed by atoms with Gasteiger partial charge in [0.15, 0.2) is 0 Å². The molecule has 0 bridgehead atoms. The summed E-state index contributed by atoms with van der Waals surface area (Å²) in [6.07, 6.45) is 2.28. The molecule has 24 heavy (non-hydrogen) atoms. The van der Waals surface area contributed by atoms with Gasteiger partial charge in [0.2, 0.25) is 10.0 Å². The molecular formula is C15H15BrN2O4S2. The Morgan fingerprint density at radius 3 is 2.62 bits per heavy atom. The highest BCUT2D eigenvalue weighted by Crippen LogP contribution is 2.25. The number of carboxylic acids is 1. The number of pyridine rings is 1. The van der Waals surface area contributed by atoms with E-state index in [0.717, 1.165) is 21.6 Å². The highest BCUT2D eigenvalue weighted by atomic mass is 79.9. The van der Waals surface area contributed by atoms with Gasteiger partial charge in [-0.2, -0.15) is 0 Å². The topological polar surface area (TPSA) is 96.4 Å². The Hall–Kier alpha value is -1.42. The number of halogens is 1. The van der Waals surface area contributed by atoms with Crippen molar-refractivity contribution in [2.45, 2.75) is 22.0 Å². The molecule has 6 nitrogen and oxygen atoms in total. The van der Waals surface area contributed by atoms with Crippen LogP contribution in [0.2, 0.25) is 0 Å². The molecule has 1 heterocycles. The van der Waals surface area contributed by atoms with E-state index in [1.165, 1.54) is 18.0 Å². The fraction of sp³-hybridized carbons (Fsp3) is 0.200. The van der Waals surface area contributed by atoms with Gasteiger partial charge in [-0.25, -0.2) is 17.9 Å². The number of nitrogens with zero attached hydrogens (tertiary/aromatic N) is 1. The number of carboxylic acid groups (broad SMARTS) is 1. The highest BCUT2D eigenvalue weighted by molar-refractivity contribution is 9.10. The number of aromatic nitrogens is 1. The lowest BCUT2D eigenvalue weighted by molar-refractivity contribution is 0.0692. The normalized spacial score (nSPS) is 12.8. The molecule has 0 saturated heterocycles. The number of aromatic carboxylic acids is 1. The first kappa shape index (κ1) is 18.9. The summed E-state index contributed by atoms with van der Waals surface area (Å²) < 4.78 is 28.1. The number of sulfonamides is 1. The second-order valence-corrected chi connectivity index (χ2v) is 9.07. The average Bonchev–Trinajstić information content (AvgIpc) is 2.55. The molecule has 0 aliphatic heterocycles. The molecule has 1 atom stereocenters. The van der Waals surface area contributed by atoms with Crippen LogP contribution in [0, 0.1) is 0 Å². The summed E-state index contributed by atoms with van der Waals surface area (Å²) in [6.45, 7) is 2.05. The molecule has 9 heteroatoms. The van der Waals surface area contributed by atoms with E-state index >= 15 is 0 Å². The van der Waals surface area contributed by atoms with Gasteiger partial charge >= 0.3 is 5.97 Å². The summed E-state index contributed by atoms with van der Waals surface area (Å²) in [5.74, 6) is -1.31. The Morgan fingerprint density at radius 1 is 1.33 bits per heavy atom. The van der Waals surface area contributed by atoms with Gasteiger partial charge in [0.1, 0.15) is 4.90 Å². The lowest BCUT2D eigenvalue weighted by Gasteiger charge is -2.13. The Kier molecular flexibility index (Phi) is 6.39. The molecule has 2 aromatic rings. The fourth-order valence-corrected chi connectivity index (χ4v) is 4.43. The number of hydrogen-bond acceptors (Lipinski definition) is 5. The molecule has 1 aromatic carbocycles. The molecule has 0 aliphatic rings. The maximum Gasteiger partial charge on any atom is 0.337 e. The SMILES string of the molecule is CC(CNS(=O)(=O)c1cnccc1C(=O)O)Sc1ccc(Br)cc1. The standard InChI is InChI=1S/C15H15BrN2O4S2/c1-10(23-12-4-2-11(16)3-5-12)8-18-24(21,22)14-9-17-7-6-13(14)15(19)20/h2-7,9-10,18H,8H2,1H3,(H,19,20). The monoisotopic (exact) mass is 430 g/mol. The molecule has 2 rings (SSSR count). The van der Waals surface area contributed by atoms with E-state index in [-0.39, 0.29) is 22.3 Å². The molecule has 0 radical (unpaired) electrons. The number of carbonyl (C=O) groups is 1. The number of benzene rings is 1. The van der Waals surface area contributed by atoms with Crippen LogP contribution in [0.4, 0.5) is 0 Å². The van der Waals surface area contributed by atoms with Crippen LogP contribution in [0.5, 0.6) is 0 Å². The first-order valence-corrected chi connectivity index (χ1v) is 10.0. The van der Waals surface area contributed by atoms with Gasteiger partial charge in [-0.05, 0) is 30.3 Å². The number of thioether (sulfide) groups is 1. The predicted molar refractivity (Wildman–Crippen MR) is 95.8 cm³/mol. The molecule has 0 fully saturated rings. The molecule has 0 aliphatic carbocycles. The van der Waals surface area contributed by atoms with Crippen molar-refractivity contribution in [1.29, 1.82) is 0 Å². The molecule has 0 spiro atoms. The number of rotatable bonds is 7. The predicted octanol–water partition coefficient (Wildman–Crippen LogP) is 3.00. The van der Waals surface area contributed by atoms with Crippen LogP contribution >= 0.6 is 27.7 Å². The maximum atomic E-state index is 12.3. The van der Waals surface area contributed by atoms with Gasteiger partial charge < -0.3 is 5.11 Å². The molecular weight excluding hydrogens is 416 g/mol. The van der Waals surface area contributed by atoms with E-state index in [0.29, 0.717) is 0 Å². The van der Waals surface area contributed by atoms with E-state index in [1.54, 1.807) is 0 Å². The fourth-order valence-electron chi connectivity index (χ4n) is 1.86. The highest BCUT2D eigenvalue weighted by Gasteiger charge is 2.22. The van der Waals surface area contributed by atoms with Crippen molar-refractivity contribution in [2.75, 3.05) is 6.54 Å². The Morgan fingerprint density at radius 2 is 2.00 bits per heavy atom. The van der Waals surface area contributed by atoms with Crippen molar-refractivity contribution in [3.63, 3.8) is 0 Å². The van der Waals surface area contributed by atoms with Crippen molar-refractivity contribution in [1.82, 2.24) is 9.71 Å². The van der Waals surface area contributed by atoms with Crippen LogP contribution in [-0.2, 0) is 10.0 Å². The van der Waals surface area contributed by atoms with Gasteiger partial charge in [0, 0.05) is 33.6 Å². The average molecular weight is 431 g/mol. The molecule has 128 valence electrons. The van der Waals surface area contributed by atoms with E-state index in [9.17, 15) is 13.2 Å². The van der Waals surface area contributed by atoms with Crippen LogP contribution < -0.4 is 4.72 Å². The van der Waals surface area contributed by atoms with E-state index in [4.69, 9.17) is 5.11 Å². The summed E-state index contributed by atoms with van der Waals surface area (Å²) in [5, 5.41) is 9.06. The zero-order valence-corrected chi connectivity index (χ0v) is 15.9. The Bertz CT molecular complexity index is 826. The summed E-state index contributed by atoms with van der Waals surface area (Å²) in [4.78, 5) is 15.5. The zero-order chi connectivity index (χ0) is 17.7. The van der Waals surface area contributed by atoms with Crippen molar-refractivity contribution >= 4 is 43.7 Å². The van der Waals surface area contributed by atoms with Gasteiger partial charge in [0.25, 0.3) is 0 Å². The van der Waals surface area contributed by atoms with Gasteiger partial charge in [-0.15, -0.1) is 11.8 Å². The minimum absolute atomic E-state index is 0.0362. The summed E-state index contributed by atoms with van der Waals surface area (Å²) in [7, 11) is -3.94. The zero-order valence-electron chi connectivity index (χ0n) is 12.6. The smallest absolute Gasteiger partial charge is 0.337 e. The van der Waals surface area contributed by atoms with Gasteiger partial charge in [-0.1, -0.05) is 22.9 Å². The molecule has 1 aromatic heterocycles. The number of nitrogens with one attached hydrogen (secondary N) is 1. The van der Waals surface area contributed by atoms with Crippen LogP contribution in [0.3, 0.4) is 0 Å². The molecule has 0 amide bonds. The van der Waals surface area contributed by atoms with Crippen molar-refractivity contribution in [3.8, 4) is 0 Å². The second kappa shape index (κ2) is 8.11. The minimum atomic E-state index is -3.94. The van der Waals surface area contributed by atoms with Crippen molar-refractivity contribution < 1.29 is 18.3 Å². The van der Waals surface area contributed by atoms with Crippen LogP contribution in [0.1, 0.15) is 17.3 Å². The third-order valence-corrected chi connectivity index (χ3v) is 6.11. The van der Waals surface area contributed by atoms with Crippen LogP contribution in [0.25, 0.3) is 0 Å². The lowest BCUT2D eigenvalue weighted by Crippen LogP contribution is -2.30. The van der Waals surface area contributed by atoms with Crippen molar-refractivity contribution in [2.24, 2.45) is 0 Å². The molecule has 1 unspecified atom stereocenters. The van der Waals surface area contributed by atoms with Crippen molar-refractivity contribution in [3.05, 3.63) is 52.8 Å². The third-order valence-electron chi connectivity index (χ3n) is 3.02. The summed E-state index contributed by atoms with van der Waals surface area (Å²) in [5.41, 5.74) is -0.300. The third kappa shape index (κ3) is 5.04. The minimum Gasteiger partial charge on any atom is -0.478 e. The summed E-state index contributed by atoms with van der Waals surface area (Å²) >= 11 is 4.88. The van der Waals surface area contributed by atoms with E-state index in [2.05, 4.69) is 25.6 Å². The first-order valence-electron chi connectivity index (χ1n) is 6.89. The van der Waals surface area contributed by atoms with Crippen LogP contribution in [-0.4, -0.2) is 36.3 Å². The van der Waals surface area contributed by atoms with E-state index in [1.807, 2.05) is 31.2 Å². The van der Waals surface area contributed by atoms with Gasteiger partial charge in [0.05, 0.1) is 5.56 Å². The quantitative estimate of drug-likeness (QED) is 0.655. The Balaban J connectivity index is 2.05. The van der Waals surface area contributed by atoms with Gasteiger partial charge in [-0.3, -0.25) is 4.98 Å². The lowest BCUT2D eigenvalue weighted by atomic mass is 10.3. The van der Waals surface area contributed by atoms with Crippen LogP contribution in [0.15, 0.2) is 57.0 Å². The second-order valence-electron chi connectivity index (χ2n) is 4.91. The largest absolute Gasteiger partial charge is 0.478 e. The Labute approximate surface area is 152 Å². The number of hydrogen-bond donors (Lipinski definition) is 2. The molecule has 2 N–H and O–H groups in total. The first-order chi connectivity index (χ1) is 11.3.